The van der Waals surface area contributed by atoms with Crippen molar-refractivity contribution in [3.8, 4) is 0 Å². The van der Waals surface area contributed by atoms with Gasteiger partial charge in [0, 0.05) is 17.8 Å². The molecule has 0 aromatic heterocycles. The quantitative estimate of drug-likeness (QED) is 0.0902. The van der Waals surface area contributed by atoms with Crippen LogP contribution in [0.15, 0.2) is 11.6 Å². The summed E-state index contributed by atoms with van der Waals surface area (Å²) in [5.74, 6) is -1.80. The Labute approximate surface area is 373 Å². The average Bonchev–Trinajstić information content (AvgIpc) is 3.22. The first-order valence-corrected chi connectivity index (χ1v) is 23.1. The topological polar surface area (TPSA) is 289 Å². The van der Waals surface area contributed by atoms with E-state index in [0.29, 0.717) is 25.7 Å². The molecule has 0 radical (unpaired) electrons. The lowest BCUT2D eigenvalue weighted by atomic mass is 9.34. The molecule has 3 heterocycles. The first-order chi connectivity index (χ1) is 29.8. The number of aliphatic carboxylic acids is 1. The van der Waals surface area contributed by atoms with E-state index in [1.165, 1.54) is 12.5 Å². The highest BCUT2D eigenvalue weighted by Crippen LogP contribution is 2.74. The van der Waals surface area contributed by atoms with Gasteiger partial charge in [-0.15, -0.1) is 0 Å². The lowest BCUT2D eigenvalue weighted by Gasteiger charge is -2.70. The van der Waals surface area contributed by atoms with E-state index in [4.69, 9.17) is 28.4 Å². The minimum absolute atomic E-state index is 0.0607. The highest BCUT2D eigenvalue weighted by molar-refractivity contribution is 5.85. The van der Waals surface area contributed by atoms with Crippen LogP contribution in [0, 0.1) is 50.7 Å². The predicted octanol–water partition coefficient (Wildman–Crippen LogP) is 0.339. The zero-order chi connectivity index (χ0) is 46.8. The van der Waals surface area contributed by atoms with Crippen LogP contribution in [0.2, 0.25) is 0 Å². The molecule has 7 fully saturated rings. The minimum Gasteiger partial charge on any atom is -0.479 e. The molecule has 4 saturated carbocycles. The Morgan fingerprint density at radius 2 is 1.39 bits per heavy atom. The Hall–Kier alpha value is -2.01. The van der Waals surface area contributed by atoms with Crippen LogP contribution in [0.4, 0.5) is 0 Å². The average molecular weight is 911 g/mol. The van der Waals surface area contributed by atoms with E-state index in [-0.39, 0.29) is 46.9 Å². The molecule has 9 N–H and O–H groups in total. The van der Waals surface area contributed by atoms with Crippen molar-refractivity contribution in [3.63, 3.8) is 0 Å². The molecular formula is C46H70O18. The summed E-state index contributed by atoms with van der Waals surface area (Å²) in [5.41, 5.74) is -1.19. The van der Waals surface area contributed by atoms with Gasteiger partial charge in [-0.3, -0.25) is 4.79 Å². The van der Waals surface area contributed by atoms with Gasteiger partial charge in [-0.05, 0) is 85.9 Å². The van der Waals surface area contributed by atoms with Crippen LogP contribution in [0.3, 0.4) is 0 Å². The number of allylic oxidation sites excluding steroid dienone is 2. The molecule has 0 aromatic rings. The number of ketones is 1. The van der Waals surface area contributed by atoms with Gasteiger partial charge in [0.2, 0.25) is 0 Å². The third kappa shape index (κ3) is 7.40. The second-order valence-electron chi connectivity index (χ2n) is 22.1. The predicted molar refractivity (Wildman–Crippen MR) is 219 cm³/mol. The highest BCUT2D eigenvalue weighted by atomic mass is 16.7. The smallest absolute Gasteiger partial charge is 0.335 e. The van der Waals surface area contributed by atoms with Gasteiger partial charge in [0.25, 0.3) is 0 Å². The van der Waals surface area contributed by atoms with Gasteiger partial charge in [0.05, 0.1) is 30.3 Å². The Kier molecular flexibility index (Phi) is 12.8. The number of aliphatic hydroxyl groups excluding tert-OH is 8. The number of hydrogen-bond donors (Lipinski definition) is 9. The summed E-state index contributed by atoms with van der Waals surface area (Å²) in [7, 11) is 0. The summed E-state index contributed by atoms with van der Waals surface area (Å²) >= 11 is 0. The number of ether oxygens (including phenoxy) is 6. The number of rotatable bonds is 8. The van der Waals surface area contributed by atoms with Gasteiger partial charge >= 0.3 is 5.97 Å². The fourth-order valence-electron chi connectivity index (χ4n) is 14.3. The van der Waals surface area contributed by atoms with Crippen molar-refractivity contribution in [1.82, 2.24) is 0 Å². The summed E-state index contributed by atoms with van der Waals surface area (Å²) < 4.78 is 35.4. The zero-order valence-electron chi connectivity index (χ0n) is 37.8. The molecule has 0 bridgehead atoms. The molecule has 8 aliphatic rings. The lowest BCUT2D eigenvalue weighted by Crippen LogP contribution is -2.66. The highest BCUT2D eigenvalue weighted by Gasteiger charge is 2.69. The monoisotopic (exact) mass is 910 g/mol. The van der Waals surface area contributed by atoms with Crippen LogP contribution >= 0.6 is 0 Å². The molecular weight excluding hydrogens is 840 g/mol. The number of carbonyl (C=O) groups excluding carboxylic acids is 2. The Balaban J connectivity index is 0.968. The minimum atomic E-state index is -1.94. The van der Waals surface area contributed by atoms with E-state index >= 15 is 0 Å². The number of Topliss-reactive ketones (excluding diaryl/α,β-unsaturated/α-hetero) is 1. The van der Waals surface area contributed by atoms with Gasteiger partial charge < -0.3 is 79.2 Å². The molecule has 24 atom stereocenters. The fraction of sp³-hybridized carbons (Fsp3) is 0.891. The maximum Gasteiger partial charge on any atom is 0.335 e. The molecule has 0 amide bonds. The van der Waals surface area contributed by atoms with Crippen molar-refractivity contribution in [3.05, 3.63) is 11.6 Å². The summed E-state index contributed by atoms with van der Waals surface area (Å²) in [6, 6.07) is 0. The molecule has 3 aliphatic heterocycles. The number of aliphatic hydroxyl groups is 8. The summed E-state index contributed by atoms with van der Waals surface area (Å²) in [4.78, 5) is 39.5. The van der Waals surface area contributed by atoms with Crippen LogP contribution in [-0.4, -0.2) is 169 Å². The normalized spacial score (nSPS) is 54.9. The Morgan fingerprint density at radius 3 is 2.06 bits per heavy atom. The fourth-order valence-corrected chi connectivity index (χ4v) is 14.3. The van der Waals surface area contributed by atoms with Gasteiger partial charge in [-0.25, -0.2) is 4.79 Å². The van der Waals surface area contributed by atoms with Crippen LogP contribution < -0.4 is 0 Å². The Bertz CT molecular complexity index is 1830. The largest absolute Gasteiger partial charge is 0.479 e. The summed E-state index contributed by atoms with van der Waals surface area (Å²) in [5, 5.41) is 93.9. The number of carboxylic acid groups (broad SMARTS) is 1. The van der Waals surface area contributed by atoms with Crippen molar-refractivity contribution in [2.75, 3.05) is 6.61 Å². The second-order valence-corrected chi connectivity index (χ2v) is 22.1. The van der Waals surface area contributed by atoms with Gasteiger partial charge in [-0.1, -0.05) is 53.2 Å². The van der Waals surface area contributed by atoms with Crippen LogP contribution in [0.25, 0.3) is 0 Å². The number of aldehydes is 1. The van der Waals surface area contributed by atoms with E-state index in [1.807, 2.05) is 6.92 Å². The summed E-state index contributed by atoms with van der Waals surface area (Å²) in [6.07, 6.45) is -14.7. The molecule has 18 nitrogen and oxygen atoms in total. The van der Waals surface area contributed by atoms with Crippen LogP contribution in [0.5, 0.6) is 0 Å². The van der Waals surface area contributed by atoms with Crippen molar-refractivity contribution in [2.45, 2.75) is 198 Å². The van der Waals surface area contributed by atoms with Crippen molar-refractivity contribution < 1.29 is 88.8 Å². The van der Waals surface area contributed by atoms with Crippen LogP contribution in [0.1, 0.15) is 99.8 Å². The van der Waals surface area contributed by atoms with E-state index in [0.717, 1.165) is 32.0 Å². The molecule has 0 aromatic carbocycles. The maximum atomic E-state index is 14.7. The van der Waals surface area contributed by atoms with Gasteiger partial charge in [-0.2, -0.15) is 0 Å². The van der Waals surface area contributed by atoms with Crippen molar-refractivity contribution in [2.24, 2.45) is 50.7 Å². The number of carboxylic acids is 1. The molecule has 2 unspecified atom stereocenters. The van der Waals surface area contributed by atoms with E-state index in [2.05, 4.69) is 40.7 Å². The lowest BCUT2D eigenvalue weighted by molar-refractivity contribution is -0.359. The summed E-state index contributed by atoms with van der Waals surface area (Å²) in [6.45, 7) is 14.3. The first-order valence-electron chi connectivity index (χ1n) is 23.1. The standard InChI is InChI=1S/C46H70O18/c1-19-36(63-41-34(55)30(51)31(52)37(64-41)38(57)58)32(53)35(56)40(60-19)62-28-14-20-21(15-42(28,2)3)22-8-9-26-43(4)12-11-27(61-39-33(54)29(50)24(49)17-59-39)44(5,18-47)25(43)10-13-45(26,6)46(22,7)16-23(20)48/h8,18-21,24-37,39-41,49-56H,9-17H2,1-7H3,(H,57,58)/t19-,20-,21-,24-,25?,26?,27+,28+,29+,30+,31+,32-,33-,34-,35-,36-,37+,39+,40+,41-,43+,44+,45-,46-/m1/s1. The van der Waals surface area contributed by atoms with E-state index in [9.17, 15) is 60.3 Å². The van der Waals surface area contributed by atoms with Crippen molar-refractivity contribution in [1.29, 1.82) is 0 Å². The zero-order valence-corrected chi connectivity index (χ0v) is 37.8. The molecule has 5 aliphatic carbocycles. The number of fused-ring (bicyclic) bond motifs is 7. The third-order valence-electron chi connectivity index (χ3n) is 18.3. The first kappa shape index (κ1) is 48.4. The van der Waals surface area contributed by atoms with Gasteiger partial charge in [0.15, 0.2) is 25.0 Å². The molecule has 64 heavy (non-hydrogen) atoms. The van der Waals surface area contributed by atoms with E-state index in [1.54, 1.807) is 0 Å². The molecule has 18 heteroatoms. The third-order valence-corrected chi connectivity index (χ3v) is 18.3. The van der Waals surface area contributed by atoms with Crippen LogP contribution in [-0.2, 0) is 42.8 Å². The maximum absolute atomic E-state index is 14.7. The van der Waals surface area contributed by atoms with E-state index < -0.39 is 120 Å². The van der Waals surface area contributed by atoms with Crippen molar-refractivity contribution >= 4 is 18.0 Å². The number of hydrogen-bond acceptors (Lipinski definition) is 17. The van der Waals surface area contributed by atoms with Gasteiger partial charge in [0.1, 0.15) is 67.0 Å². The molecule has 362 valence electrons. The second kappa shape index (κ2) is 16.9. The number of carbonyl (C=O) groups is 3. The molecule has 3 saturated heterocycles. The molecule has 0 spiro atoms. The Morgan fingerprint density at radius 1 is 0.750 bits per heavy atom. The SMILES string of the molecule is C[C@H]1O[C@@H](O[C@H]2C[C@H]3C(=O)C[C@]4(C)C(=CCC5[C@@]6(C)CC[C@H](O[C@@H]7OC[C@@H](O)[C@H](O)[C@H]7O)[C@@](C)(C=O)C6CC[C@]54C)[C@@H]3CC2(C)C)[C@H](O)[C@@H](O)[C@@H]1O[C@@H]1O[C@H](C(=O)O)[C@@H](O)[C@H](O)[C@H]1O. The molecule has 8 rings (SSSR count).